The first-order chi connectivity index (χ1) is 12.2. The van der Waals surface area contributed by atoms with E-state index in [-0.39, 0.29) is 12.3 Å². The molecular formula is C19H22N2O4. The third kappa shape index (κ3) is 3.48. The Morgan fingerprint density at radius 1 is 1.16 bits per heavy atom. The molecule has 2 aromatic rings. The van der Waals surface area contributed by atoms with Gasteiger partial charge >= 0.3 is 0 Å². The summed E-state index contributed by atoms with van der Waals surface area (Å²) in [4.78, 5) is 14.3. The van der Waals surface area contributed by atoms with Crippen molar-refractivity contribution >= 4 is 5.91 Å². The number of ether oxygens (including phenoxy) is 2. The van der Waals surface area contributed by atoms with E-state index in [1.807, 2.05) is 29.2 Å². The molecule has 1 aromatic carbocycles. The Kier molecular flexibility index (Phi) is 4.34. The fourth-order valence-corrected chi connectivity index (χ4v) is 3.25. The van der Waals surface area contributed by atoms with Crippen LogP contribution in [-0.4, -0.2) is 42.3 Å². The molecule has 1 amide bonds. The molecule has 0 spiro atoms. The van der Waals surface area contributed by atoms with Gasteiger partial charge in [-0.25, -0.2) is 0 Å². The molecule has 0 unspecified atom stereocenters. The van der Waals surface area contributed by atoms with Gasteiger partial charge in [-0.2, -0.15) is 0 Å². The molecule has 0 N–H and O–H groups in total. The van der Waals surface area contributed by atoms with Crippen LogP contribution in [0.5, 0.6) is 11.5 Å². The number of amides is 1. The largest absolute Gasteiger partial charge is 0.486 e. The lowest BCUT2D eigenvalue weighted by molar-refractivity contribution is -0.131. The van der Waals surface area contributed by atoms with Crippen molar-refractivity contribution < 1.29 is 18.8 Å². The van der Waals surface area contributed by atoms with Gasteiger partial charge < -0.3 is 18.9 Å². The van der Waals surface area contributed by atoms with Crippen molar-refractivity contribution in [2.24, 2.45) is 5.92 Å². The molecule has 1 saturated heterocycles. The number of hydrogen-bond acceptors (Lipinski definition) is 5. The molecule has 4 rings (SSSR count). The van der Waals surface area contributed by atoms with Crippen LogP contribution < -0.4 is 9.47 Å². The average Bonchev–Trinajstić information content (AvgIpc) is 3.10. The maximum atomic E-state index is 12.4. The summed E-state index contributed by atoms with van der Waals surface area (Å²) in [5, 5.41) is 4.06. The number of likely N-dealkylation sites (tertiary alicyclic amines) is 1. The molecule has 0 radical (unpaired) electrons. The molecule has 2 aliphatic heterocycles. The highest BCUT2D eigenvalue weighted by molar-refractivity contribution is 5.78. The molecule has 6 nitrogen and oxygen atoms in total. The van der Waals surface area contributed by atoms with E-state index in [0.29, 0.717) is 36.3 Å². The van der Waals surface area contributed by atoms with E-state index in [1.165, 1.54) is 0 Å². The highest BCUT2D eigenvalue weighted by atomic mass is 16.6. The van der Waals surface area contributed by atoms with Crippen molar-refractivity contribution in [3.05, 3.63) is 30.0 Å². The molecule has 25 heavy (non-hydrogen) atoms. The first-order valence-electron chi connectivity index (χ1n) is 8.82. The summed E-state index contributed by atoms with van der Waals surface area (Å²) in [6.45, 7) is 5.02. The molecule has 0 atom stereocenters. The zero-order chi connectivity index (χ0) is 17.2. The van der Waals surface area contributed by atoms with E-state index < -0.39 is 0 Å². The molecule has 3 heterocycles. The van der Waals surface area contributed by atoms with Gasteiger partial charge in [-0.05, 0) is 37.0 Å². The first-order valence-corrected chi connectivity index (χ1v) is 8.82. The van der Waals surface area contributed by atoms with Gasteiger partial charge in [0.2, 0.25) is 5.91 Å². The Labute approximate surface area is 146 Å². The Hall–Kier alpha value is -2.50. The molecule has 0 bridgehead atoms. The number of aromatic nitrogens is 1. The van der Waals surface area contributed by atoms with Crippen LogP contribution in [0, 0.1) is 5.92 Å². The van der Waals surface area contributed by atoms with Crippen LogP contribution in [0.4, 0.5) is 0 Å². The zero-order valence-corrected chi connectivity index (χ0v) is 14.4. The molecule has 6 heteroatoms. The minimum absolute atomic E-state index is 0.119. The van der Waals surface area contributed by atoms with E-state index in [1.54, 1.807) is 0 Å². The third-order valence-electron chi connectivity index (χ3n) is 4.85. The molecule has 0 saturated carbocycles. The van der Waals surface area contributed by atoms with Gasteiger partial charge in [0.1, 0.15) is 13.2 Å². The monoisotopic (exact) mass is 342 g/mol. The Morgan fingerprint density at radius 3 is 2.72 bits per heavy atom. The van der Waals surface area contributed by atoms with Crippen LogP contribution >= 0.6 is 0 Å². The highest BCUT2D eigenvalue weighted by Crippen LogP contribution is 2.34. The second kappa shape index (κ2) is 6.78. The predicted octanol–water partition coefficient (Wildman–Crippen LogP) is 2.91. The van der Waals surface area contributed by atoms with Gasteiger partial charge in [-0.3, -0.25) is 4.79 Å². The SMILES string of the molecule is CC1CCN(C(=O)Cc2cc(-c3ccc4c(c3)OCCO4)on2)CC1. The summed E-state index contributed by atoms with van der Waals surface area (Å²) in [6.07, 6.45) is 2.43. The van der Waals surface area contributed by atoms with Crippen molar-refractivity contribution in [3.8, 4) is 22.8 Å². The van der Waals surface area contributed by atoms with Crippen LogP contribution in [0.15, 0.2) is 28.8 Å². The molecule has 1 fully saturated rings. The van der Waals surface area contributed by atoms with Crippen LogP contribution in [0.25, 0.3) is 11.3 Å². The van der Waals surface area contributed by atoms with Gasteiger partial charge in [0.15, 0.2) is 17.3 Å². The van der Waals surface area contributed by atoms with Crippen LogP contribution in [-0.2, 0) is 11.2 Å². The van der Waals surface area contributed by atoms with Crippen LogP contribution in [0.3, 0.4) is 0 Å². The second-order valence-electron chi connectivity index (χ2n) is 6.78. The van der Waals surface area contributed by atoms with Crippen molar-refractivity contribution in [2.45, 2.75) is 26.2 Å². The van der Waals surface area contributed by atoms with Gasteiger partial charge in [-0.15, -0.1) is 0 Å². The van der Waals surface area contributed by atoms with Crippen molar-refractivity contribution in [2.75, 3.05) is 26.3 Å². The Bertz CT molecular complexity index is 763. The second-order valence-corrected chi connectivity index (χ2v) is 6.78. The molecular weight excluding hydrogens is 320 g/mol. The molecule has 2 aliphatic rings. The number of rotatable bonds is 3. The van der Waals surface area contributed by atoms with Crippen LogP contribution in [0.1, 0.15) is 25.5 Å². The molecule has 0 aliphatic carbocycles. The van der Waals surface area contributed by atoms with E-state index in [4.69, 9.17) is 14.0 Å². The normalized spacial score (nSPS) is 17.6. The Morgan fingerprint density at radius 2 is 1.92 bits per heavy atom. The van der Waals surface area contributed by atoms with E-state index in [2.05, 4.69) is 12.1 Å². The maximum absolute atomic E-state index is 12.4. The summed E-state index contributed by atoms with van der Waals surface area (Å²) in [7, 11) is 0. The topological polar surface area (TPSA) is 64.8 Å². The summed E-state index contributed by atoms with van der Waals surface area (Å²) >= 11 is 0. The predicted molar refractivity (Wildman–Crippen MR) is 91.6 cm³/mol. The maximum Gasteiger partial charge on any atom is 0.228 e. The van der Waals surface area contributed by atoms with E-state index >= 15 is 0 Å². The van der Waals surface area contributed by atoms with Gasteiger partial charge in [0.25, 0.3) is 0 Å². The van der Waals surface area contributed by atoms with Crippen molar-refractivity contribution in [1.29, 1.82) is 0 Å². The summed E-state index contributed by atoms with van der Waals surface area (Å²) < 4.78 is 16.6. The van der Waals surface area contributed by atoms with Gasteiger partial charge in [-0.1, -0.05) is 12.1 Å². The minimum atomic E-state index is 0.119. The standard InChI is InChI=1S/C19H22N2O4/c1-13-4-6-21(7-5-13)19(22)12-15-11-17(25-20-15)14-2-3-16-18(10-14)24-9-8-23-16/h2-3,10-11,13H,4-9,12H2,1H3. The number of piperidine rings is 1. The number of nitrogens with zero attached hydrogens (tertiary/aromatic N) is 2. The fourth-order valence-electron chi connectivity index (χ4n) is 3.25. The number of fused-ring (bicyclic) bond motifs is 1. The first kappa shape index (κ1) is 16.0. The summed E-state index contributed by atoms with van der Waals surface area (Å²) in [5.74, 6) is 2.91. The molecule has 1 aromatic heterocycles. The Balaban J connectivity index is 1.44. The van der Waals surface area contributed by atoms with Gasteiger partial charge in [0.05, 0.1) is 12.1 Å². The van der Waals surface area contributed by atoms with Crippen molar-refractivity contribution in [1.82, 2.24) is 10.1 Å². The fraction of sp³-hybridized carbons (Fsp3) is 0.474. The summed E-state index contributed by atoms with van der Waals surface area (Å²) in [6, 6.07) is 7.49. The minimum Gasteiger partial charge on any atom is -0.486 e. The number of carbonyl (C=O) groups is 1. The lowest BCUT2D eigenvalue weighted by Crippen LogP contribution is -2.38. The number of hydrogen-bond donors (Lipinski definition) is 0. The highest BCUT2D eigenvalue weighted by Gasteiger charge is 2.22. The lowest BCUT2D eigenvalue weighted by atomic mass is 9.99. The van der Waals surface area contributed by atoms with E-state index in [9.17, 15) is 4.79 Å². The third-order valence-corrected chi connectivity index (χ3v) is 4.85. The number of carbonyl (C=O) groups excluding carboxylic acids is 1. The average molecular weight is 342 g/mol. The van der Waals surface area contributed by atoms with Crippen LogP contribution in [0.2, 0.25) is 0 Å². The van der Waals surface area contributed by atoms with Gasteiger partial charge in [0, 0.05) is 24.7 Å². The smallest absolute Gasteiger partial charge is 0.228 e. The van der Waals surface area contributed by atoms with E-state index in [0.717, 1.165) is 37.2 Å². The lowest BCUT2D eigenvalue weighted by Gasteiger charge is -2.30. The zero-order valence-electron chi connectivity index (χ0n) is 14.4. The number of benzene rings is 1. The summed E-state index contributed by atoms with van der Waals surface area (Å²) in [5.41, 5.74) is 1.52. The molecule has 132 valence electrons. The van der Waals surface area contributed by atoms with Crippen molar-refractivity contribution in [3.63, 3.8) is 0 Å². The quantitative estimate of drug-likeness (QED) is 0.858.